The summed E-state index contributed by atoms with van der Waals surface area (Å²) in [5.74, 6) is 0.148. The SMILES string of the molecule is COCCN(Cc1c(C)nn(-c2ccc(Cl)cc2)c1Oc1cccc(F)c1)C(=O)c1ccccc1. The van der Waals surface area contributed by atoms with Gasteiger partial charge in [0.15, 0.2) is 0 Å². The number of halogens is 2. The second-order valence-electron chi connectivity index (χ2n) is 7.90. The lowest BCUT2D eigenvalue weighted by Gasteiger charge is -2.23. The number of hydrogen-bond acceptors (Lipinski definition) is 4. The van der Waals surface area contributed by atoms with E-state index in [2.05, 4.69) is 5.10 Å². The quantitative estimate of drug-likeness (QED) is 0.284. The van der Waals surface area contributed by atoms with Crippen LogP contribution in [0.25, 0.3) is 5.69 Å². The summed E-state index contributed by atoms with van der Waals surface area (Å²) in [4.78, 5) is 15.0. The van der Waals surface area contributed by atoms with Crippen LogP contribution >= 0.6 is 11.6 Å². The van der Waals surface area contributed by atoms with Crippen LogP contribution in [-0.4, -0.2) is 40.8 Å². The summed E-state index contributed by atoms with van der Waals surface area (Å²) in [7, 11) is 1.59. The highest BCUT2D eigenvalue weighted by molar-refractivity contribution is 6.30. The van der Waals surface area contributed by atoms with Crippen molar-refractivity contribution in [3.63, 3.8) is 0 Å². The van der Waals surface area contributed by atoms with Crippen molar-refractivity contribution in [3.05, 3.63) is 107 Å². The number of ether oxygens (including phenoxy) is 2. The zero-order valence-electron chi connectivity index (χ0n) is 19.4. The first-order valence-corrected chi connectivity index (χ1v) is 11.4. The molecule has 3 aromatic carbocycles. The molecule has 0 spiro atoms. The molecular formula is C27H25ClFN3O3. The molecule has 1 aromatic heterocycles. The highest BCUT2D eigenvalue weighted by atomic mass is 35.5. The van der Waals surface area contributed by atoms with Crippen molar-refractivity contribution < 1.29 is 18.7 Å². The molecule has 0 atom stereocenters. The molecule has 0 aliphatic carbocycles. The Morgan fingerprint density at radius 2 is 1.80 bits per heavy atom. The Morgan fingerprint density at radius 1 is 1.06 bits per heavy atom. The van der Waals surface area contributed by atoms with Crippen molar-refractivity contribution >= 4 is 17.5 Å². The normalized spacial score (nSPS) is 10.9. The molecule has 0 fully saturated rings. The van der Waals surface area contributed by atoms with Crippen LogP contribution in [-0.2, 0) is 11.3 Å². The molecule has 0 radical (unpaired) electrons. The first kappa shape index (κ1) is 24.4. The number of rotatable bonds is 9. The molecular weight excluding hydrogens is 469 g/mol. The van der Waals surface area contributed by atoms with Crippen LogP contribution < -0.4 is 4.74 Å². The number of benzene rings is 3. The van der Waals surface area contributed by atoms with Crippen molar-refractivity contribution in [3.8, 4) is 17.3 Å². The number of carbonyl (C=O) groups excluding carboxylic acids is 1. The van der Waals surface area contributed by atoms with Gasteiger partial charge in [0.05, 0.1) is 30.1 Å². The van der Waals surface area contributed by atoms with Gasteiger partial charge in [0.1, 0.15) is 11.6 Å². The van der Waals surface area contributed by atoms with E-state index in [0.29, 0.717) is 52.3 Å². The van der Waals surface area contributed by atoms with E-state index in [1.165, 1.54) is 12.1 Å². The Labute approximate surface area is 208 Å². The van der Waals surface area contributed by atoms with E-state index in [-0.39, 0.29) is 12.5 Å². The average molecular weight is 494 g/mol. The summed E-state index contributed by atoms with van der Waals surface area (Å²) in [5, 5.41) is 5.27. The van der Waals surface area contributed by atoms with Gasteiger partial charge >= 0.3 is 0 Å². The molecule has 35 heavy (non-hydrogen) atoms. The molecule has 180 valence electrons. The van der Waals surface area contributed by atoms with Gasteiger partial charge in [-0.15, -0.1) is 0 Å². The molecule has 8 heteroatoms. The molecule has 0 unspecified atom stereocenters. The molecule has 0 N–H and O–H groups in total. The molecule has 4 rings (SSSR count). The molecule has 0 aliphatic heterocycles. The highest BCUT2D eigenvalue weighted by Crippen LogP contribution is 2.32. The predicted molar refractivity (Wildman–Crippen MR) is 133 cm³/mol. The van der Waals surface area contributed by atoms with E-state index < -0.39 is 5.82 Å². The topological polar surface area (TPSA) is 56.6 Å². The van der Waals surface area contributed by atoms with Crippen molar-refractivity contribution in [2.45, 2.75) is 13.5 Å². The minimum atomic E-state index is -0.417. The Bertz CT molecular complexity index is 1290. The number of aromatic nitrogens is 2. The monoisotopic (exact) mass is 493 g/mol. The molecule has 1 heterocycles. The fourth-order valence-electron chi connectivity index (χ4n) is 3.63. The summed E-state index contributed by atoms with van der Waals surface area (Å²) in [6, 6.07) is 22.1. The number of aryl methyl sites for hydroxylation is 1. The first-order chi connectivity index (χ1) is 17.0. The van der Waals surface area contributed by atoms with Crippen LogP contribution in [0.2, 0.25) is 5.02 Å². The van der Waals surface area contributed by atoms with Gasteiger partial charge in [-0.1, -0.05) is 35.9 Å². The third-order valence-corrected chi connectivity index (χ3v) is 5.69. The number of nitrogens with zero attached hydrogens (tertiary/aromatic N) is 3. The van der Waals surface area contributed by atoms with E-state index >= 15 is 0 Å². The highest BCUT2D eigenvalue weighted by Gasteiger charge is 2.24. The van der Waals surface area contributed by atoms with E-state index in [1.807, 2.05) is 37.3 Å². The Morgan fingerprint density at radius 3 is 2.49 bits per heavy atom. The van der Waals surface area contributed by atoms with Gasteiger partial charge in [-0.25, -0.2) is 9.07 Å². The van der Waals surface area contributed by atoms with Crippen LogP contribution in [0.4, 0.5) is 4.39 Å². The third-order valence-electron chi connectivity index (χ3n) is 5.44. The van der Waals surface area contributed by atoms with Crippen LogP contribution in [0, 0.1) is 12.7 Å². The largest absolute Gasteiger partial charge is 0.438 e. The standard InChI is InChI=1S/C27H25ClFN3O3/c1-19-25(18-31(15-16-34-2)26(33)20-7-4-3-5-8-20)27(35-24-10-6-9-22(29)17-24)32(30-19)23-13-11-21(28)12-14-23/h3-14,17H,15-16,18H2,1-2H3. The minimum absolute atomic E-state index is 0.141. The summed E-state index contributed by atoms with van der Waals surface area (Å²) in [6.07, 6.45) is 0. The van der Waals surface area contributed by atoms with Gasteiger partial charge in [-0.3, -0.25) is 4.79 Å². The zero-order chi connectivity index (χ0) is 24.8. The molecule has 0 saturated carbocycles. The van der Waals surface area contributed by atoms with Crippen molar-refractivity contribution in [1.82, 2.24) is 14.7 Å². The van der Waals surface area contributed by atoms with E-state index in [9.17, 15) is 9.18 Å². The second-order valence-corrected chi connectivity index (χ2v) is 8.34. The molecule has 6 nitrogen and oxygen atoms in total. The maximum atomic E-state index is 13.9. The fourth-order valence-corrected chi connectivity index (χ4v) is 3.76. The molecule has 0 saturated heterocycles. The number of hydrogen-bond donors (Lipinski definition) is 0. The van der Waals surface area contributed by atoms with Gasteiger partial charge in [0.25, 0.3) is 5.91 Å². The number of carbonyl (C=O) groups is 1. The van der Waals surface area contributed by atoms with E-state index in [1.54, 1.807) is 53.1 Å². The lowest BCUT2D eigenvalue weighted by Crippen LogP contribution is -2.33. The van der Waals surface area contributed by atoms with Gasteiger partial charge in [-0.2, -0.15) is 5.10 Å². The average Bonchev–Trinajstić information content (AvgIpc) is 3.16. The maximum Gasteiger partial charge on any atom is 0.254 e. The van der Waals surface area contributed by atoms with E-state index in [4.69, 9.17) is 21.1 Å². The van der Waals surface area contributed by atoms with Crippen LogP contribution in [0.1, 0.15) is 21.6 Å². The predicted octanol–water partition coefficient (Wildman–Crippen LogP) is 6.05. The van der Waals surface area contributed by atoms with E-state index in [0.717, 1.165) is 0 Å². The lowest BCUT2D eigenvalue weighted by atomic mass is 10.1. The van der Waals surface area contributed by atoms with Crippen LogP contribution in [0.15, 0.2) is 78.9 Å². The van der Waals surface area contributed by atoms with Gasteiger partial charge in [0, 0.05) is 30.3 Å². The first-order valence-electron chi connectivity index (χ1n) is 11.1. The molecule has 1 amide bonds. The fraction of sp³-hybridized carbons (Fsp3) is 0.185. The zero-order valence-corrected chi connectivity index (χ0v) is 20.2. The number of amides is 1. The minimum Gasteiger partial charge on any atom is -0.438 e. The van der Waals surface area contributed by atoms with Gasteiger partial charge in [0.2, 0.25) is 5.88 Å². The Balaban J connectivity index is 1.76. The number of methoxy groups -OCH3 is 1. The molecule has 0 bridgehead atoms. The summed E-state index contributed by atoms with van der Waals surface area (Å²) in [5.41, 5.74) is 2.66. The second kappa shape index (κ2) is 11.2. The lowest BCUT2D eigenvalue weighted by molar-refractivity contribution is 0.0679. The Kier molecular flexibility index (Phi) is 7.80. The van der Waals surface area contributed by atoms with Crippen LogP contribution in [0.5, 0.6) is 11.6 Å². The van der Waals surface area contributed by atoms with Crippen molar-refractivity contribution in [2.24, 2.45) is 0 Å². The molecule has 0 aliphatic rings. The Hall–Kier alpha value is -3.68. The van der Waals surface area contributed by atoms with Gasteiger partial charge < -0.3 is 14.4 Å². The third kappa shape index (κ3) is 5.88. The van der Waals surface area contributed by atoms with Gasteiger partial charge in [-0.05, 0) is 55.5 Å². The summed E-state index contributed by atoms with van der Waals surface area (Å²) >= 11 is 6.07. The summed E-state index contributed by atoms with van der Waals surface area (Å²) in [6.45, 7) is 2.81. The molecule has 4 aromatic rings. The summed E-state index contributed by atoms with van der Waals surface area (Å²) < 4.78 is 27.0. The maximum absolute atomic E-state index is 13.9. The van der Waals surface area contributed by atoms with Crippen molar-refractivity contribution in [2.75, 3.05) is 20.3 Å². The van der Waals surface area contributed by atoms with Crippen molar-refractivity contribution in [1.29, 1.82) is 0 Å². The van der Waals surface area contributed by atoms with Crippen LogP contribution in [0.3, 0.4) is 0 Å². The smallest absolute Gasteiger partial charge is 0.254 e.